The summed E-state index contributed by atoms with van der Waals surface area (Å²) in [6.45, 7) is 0.0835. The van der Waals surface area contributed by atoms with E-state index in [1.165, 1.54) is 25.3 Å². The lowest BCUT2D eigenvalue weighted by Gasteiger charge is -2.30. The molecule has 4 rings (SSSR count). The Morgan fingerprint density at radius 2 is 1.38 bits per heavy atom. The molecule has 0 radical (unpaired) electrons. The van der Waals surface area contributed by atoms with Gasteiger partial charge in [0.1, 0.15) is 6.04 Å². The fraction of sp³-hybridized carbons (Fsp3) is 0.480. The van der Waals surface area contributed by atoms with Crippen molar-refractivity contribution in [2.24, 2.45) is 0 Å². The molecule has 0 saturated carbocycles. The maximum absolute atomic E-state index is 13.2. The van der Waals surface area contributed by atoms with Crippen molar-refractivity contribution in [2.75, 3.05) is 13.7 Å². The van der Waals surface area contributed by atoms with Crippen LogP contribution >= 0.6 is 0 Å². The van der Waals surface area contributed by atoms with Gasteiger partial charge in [0, 0.05) is 18.1 Å². The maximum Gasteiger partial charge on any atom is 0.322 e. The predicted molar refractivity (Wildman–Crippen MR) is 119 cm³/mol. The van der Waals surface area contributed by atoms with Gasteiger partial charge in [0.05, 0.1) is 13.7 Å². The van der Waals surface area contributed by atoms with Crippen molar-refractivity contribution >= 4 is 5.97 Å². The average Bonchev–Trinajstić information content (AvgIpc) is 2.87. The lowest BCUT2D eigenvalue weighted by atomic mass is 9.93. The van der Waals surface area contributed by atoms with Crippen LogP contribution in [0, 0.1) is 23.3 Å². The van der Waals surface area contributed by atoms with Crippen LogP contribution < -0.4 is 10.6 Å². The van der Waals surface area contributed by atoms with Crippen LogP contribution in [-0.4, -0.2) is 36.9 Å². The topological polar surface area (TPSA) is 70.6 Å². The summed E-state index contributed by atoms with van der Waals surface area (Å²) in [7, 11) is 1.34. The number of ether oxygens (including phenoxy) is 1. The quantitative estimate of drug-likeness (QED) is 0.444. The van der Waals surface area contributed by atoms with E-state index >= 15 is 0 Å². The van der Waals surface area contributed by atoms with Crippen LogP contribution in [0.1, 0.15) is 61.7 Å². The van der Waals surface area contributed by atoms with Gasteiger partial charge in [-0.3, -0.25) is 10.1 Å². The molecule has 2 aromatic carbocycles. The zero-order valence-corrected chi connectivity index (χ0v) is 19.0. The van der Waals surface area contributed by atoms with Gasteiger partial charge < -0.3 is 15.2 Å². The van der Waals surface area contributed by atoms with Crippen molar-refractivity contribution in [2.45, 2.75) is 62.7 Å². The van der Waals surface area contributed by atoms with E-state index in [0.29, 0.717) is 12.0 Å². The second kappa shape index (κ2) is 12.3. The average molecular weight is 483 g/mol. The van der Waals surface area contributed by atoms with Gasteiger partial charge >= 0.3 is 5.97 Å². The Labute approximate surface area is 196 Å². The Morgan fingerprint density at radius 3 is 1.88 bits per heavy atom. The van der Waals surface area contributed by atoms with Crippen LogP contribution in [0.4, 0.5) is 17.6 Å². The number of piperidine rings is 2. The summed E-state index contributed by atoms with van der Waals surface area (Å²) in [6.07, 6.45) is 5.14. The third-order valence-electron chi connectivity index (χ3n) is 6.27. The molecular formula is C25H30F4N2O3. The van der Waals surface area contributed by atoms with E-state index < -0.39 is 23.3 Å². The summed E-state index contributed by atoms with van der Waals surface area (Å²) < 4.78 is 56.5. The Kier molecular flexibility index (Phi) is 9.44. The Balaban J connectivity index is 0.000000192. The third-order valence-corrected chi connectivity index (χ3v) is 6.27. The highest BCUT2D eigenvalue weighted by atomic mass is 19.2. The molecule has 0 unspecified atom stereocenters. The number of hydrogen-bond acceptors (Lipinski definition) is 5. The number of carbonyl (C=O) groups excluding carboxylic acids is 1. The molecule has 2 aliphatic heterocycles. The number of hydrogen-bond donors (Lipinski definition) is 3. The summed E-state index contributed by atoms with van der Waals surface area (Å²) >= 11 is 0. The van der Waals surface area contributed by atoms with E-state index in [2.05, 4.69) is 15.4 Å². The molecular weight excluding hydrogens is 452 g/mol. The van der Waals surface area contributed by atoms with E-state index in [4.69, 9.17) is 5.11 Å². The van der Waals surface area contributed by atoms with Crippen molar-refractivity contribution in [3.8, 4) is 0 Å². The number of esters is 1. The van der Waals surface area contributed by atoms with Gasteiger partial charge in [-0.15, -0.1) is 0 Å². The Hall–Kier alpha value is -2.49. The molecule has 2 fully saturated rings. The Morgan fingerprint density at radius 1 is 0.853 bits per heavy atom. The summed E-state index contributed by atoms with van der Waals surface area (Å²) in [5.41, 5.74) is 1.40. The first kappa shape index (κ1) is 26.1. The SMILES string of the molecule is COC(=O)[C@H]1CCC[C@@H](c2ccc(F)c(F)c2)N1.OC[C@H]1CCC[C@@H](c2ccc(F)c(F)c2)N1. The Bertz CT molecular complexity index is 975. The molecule has 0 aromatic heterocycles. The van der Waals surface area contributed by atoms with E-state index in [1.807, 2.05) is 0 Å². The molecule has 34 heavy (non-hydrogen) atoms. The minimum atomic E-state index is -0.866. The molecule has 2 heterocycles. The molecule has 2 saturated heterocycles. The number of rotatable bonds is 4. The monoisotopic (exact) mass is 482 g/mol. The van der Waals surface area contributed by atoms with Crippen LogP contribution in [0.5, 0.6) is 0 Å². The number of halogens is 4. The number of aliphatic hydroxyl groups is 1. The zero-order valence-electron chi connectivity index (χ0n) is 19.0. The molecule has 5 nitrogen and oxygen atoms in total. The summed E-state index contributed by atoms with van der Waals surface area (Å²) in [5.74, 6) is -3.68. The van der Waals surface area contributed by atoms with E-state index in [0.717, 1.165) is 49.8 Å². The number of carbonyl (C=O) groups is 1. The van der Waals surface area contributed by atoms with Gasteiger partial charge in [-0.2, -0.15) is 0 Å². The van der Waals surface area contributed by atoms with Gasteiger partial charge in [-0.25, -0.2) is 17.6 Å². The molecule has 2 aromatic rings. The zero-order chi connectivity index (χ0) is 24.7. The van der Waals surface area contributed by atoms with Crippen LogP contribution in [0.3, 0.4) is 0 Å². The highest BCUT2D eigenvalue weighted by molar-refractivity contribution is 5.75. The lowest BCUT2D eigenvalue weighted by molar-refractivity contribution is -0.144. The number of benzene rings is 2. The van der Waals surface area contributed by atoms with Crippen molar-refractivity contribution < 1.29 is 32.2 Å². The van der Waals surface area contributed by atoms with Gasteiger partial charge in [-0.1, -0.05) is 12.1 Å². The fourth-order valence-corrected chi connectivity index (χ4v) is 4.41. The van der Waals surface area contributed by atoms with Crippen LogP contribution in [0.25, 0.3) is 0 Å². The van der Waals surface area contributed by atoms with Gasteiger partial charge in [0.25, 0.3) is 0 Å². The lowest BCUT2D eigenvalue weighted by Crippen LogP contribution is -2.43. The molecule has 0 aliphatic carbocycles. The first-order valence-corrected chi connectivity index (χ1v) is 11.4. The molecule has 4 atom stereocenters. The summed E-state index contributed by atoms with van der Waals surface area (Å²) in [6, 6.07) is 7.35. The molecule has 3 N–H and O–H groups in total. The summed E-state index contributed by atoms with van der Waals surface area (Å²) in [5, 5.41) is 15.4. The number of aliphatic hydroxyl groups excluding tert-OH is 1. The van der Waals surface area contributed by atoms with E-state index in [9.17, 15) is 22.4 Å². The maximum atomic E-state index is 13.2. The van der Waals surface area contributed by atoms with Crippen molar-refractivity contribution in [1.82, 2.24) is 10.6 Å². The molecule has 0 amide bonds. The molecule has 2 aliphatic rings. The fourth-order valence-electron chi connectivity index (χ4n) is 4.41. The van der Waals surface area contributed by atoms with E-state index in [-0.39, 0.29) is 36.7 Å². The second-order valence-electron chi connectivity index (χ2n) is 8.60. The molecule has 9 heteroatoms. The molecule has 186 valence electrons. The minimum Gasteiger partial charge on any atom is -0.468 e. The van der Waals surface area contributed by atoms with Crippen molar-refractivity contribution in [3.63, 3.8) is 0 Å². The van der Waals surface area contributed by atoms with Crippen LogP contribution in [0.15, 0.2) is 36.4 Å². The standard InChI is InChI=1S/C13H15F2NO2.C12H15F2NO/c1-18-13(17)12-4-2-3-11(16-12)8-5-6-9(14)10(15)7-8;13-10-5-4-8(6-11(10)14)12-3-1-2-9(7-16)15-12/h5-7,11-12,16H,2-4H2,1H3;4-6,9,12,15-16H,1-3,7H2/t11-,12+;9-,12+/m01/s1. The largest absolute Gasteiger partial charge is 0.468 e. The minimum absolute atomic E-state index is 0.0148. The second-order valence-corrected chi connectivity index (χ2v) is 8.60. The molecule has 0 spiro atoms. The molecule has 0 bridgehead atoms. The summed E-state index contributed by atoms with van der Waals surface area (Å²) in [4.78, 5) is 11.4. The first-order valence-electron chi connectivity index (χ1n) is 11.4. The number of methoxy groups -OCH3 is 1. The first-order chi connectivity index (χ1) is 16.3. The van der Waals surface area contributed by atoms with Crippen LogP contribution in [0.2, 0.25) is 0 Å². The highest BCUT2D eigenvalue weighted by Crippen LogP contribution is 2.28. The normalized spacial score (nSPS) is 24.6. The van der Waals surface area contributed by atoms with Crippen LogP contribution in [-0.2, 0) is 9.53 Å². The highest BCUT2D eigenvalue weighted by Gasteiger charge is 2.28. The third kappa shape index (κ3) is 6.77. The van der Waals surface area contributed by atoms with Gasteiger partial charge in [-0.05, 0) is 73.9 Å². The van der Waals surface area contributed by atoms with Gasteiger partial charge in [0.15, 0.2) is 23.3 Å². The number of nitrogens with one attached hydrogen (secondary N) is 2. The van der Waals surface area contributed by atoms with Crippen molar-refractivity contribution in [1.29, 1.82) is 0 Å². The van der Waals surface area contributed by atoms with Gasteiger partial charge in [0.2, 0.25) is 0 Å². The predicted octanol–water partition coefficient (Wildman–Crippen LogP) is 4.46. The van der Waals surface area contributed by atoms with Crippen molar-refractivity contribution in [3.05, 3.63) is 70.8 Å². The smallest absolute Gasteiger partial charge is 0.322 e. The van der Waals surface area contributed by atoms with E-state index in [1.54, 1.807) is 6.07 Å².